The molecular formula is C17H22N2O. The molecule has 1 heterocycles. The van der Waals surface area contributed by atoms with Gasteiger partial charge in [0.25, 0.3) is 0 Å². The molecule has 1 aromatic carbocycles. The highest BCUT2D eigenvalue weighted by molar-refractivity contribution is 5.24. The van der Waals surface area contributed by atoms with E-state index in [-0.39, 0.29) is 5.41 Å². The Morgan fingerprint density at radius 1 is 1.05 bits per heavy atom. The SMILES string of the molecule is COc1cccc(CNCC(C)(C)c2ccccc2)n1. The summed E-state index contributed by atoms with van der Waals surface area (Å²) < 4.78 is 5.13. The van der Waals surface area contributed by atoms with E-state index < -0.39 is 0 Å². The largest absolute Gasteiger partial charge is 0.481 e. The molecule has 0 unspecified atom stereocenters. The summed E-state index contributed by atoms with van der Waals surface area (Å²) >= 11 is 0. The molecule has 106 valence electrons. The lowest BCUT2D eigenvalue weighted by Crippen LogP contribution is -2.32. The van der Waals surface area contributed by atoms with Crippen LogP contribution in [0, 0.1) is 0 Å². The lowest BCUT2D eigenvalue weighted by atomic mass is 9.84. The molecule has 1 aromatic heterocycles. The highest BCUT2D eigenvalue weighted by Gasteiger charge is 2.19. The van der Waals surface area contributed by atoms with Gasteiger partial charge in [-0.3, -0.25) is 0 Å². The van der Waals surface area contributed by atoms with Crippen LogP contribution < -0.4 is 10.1 Å². The third-order valence-corrected chi connectivity index (χ3v) is 3.42. The van der Waals surface area contributed by atoms with Crippen molar-refractivity contribution >= 4 is 0 Å². The summed E-state index contributed by atoms with van der Waals surface area (Å²) in [6, 6.07) is 16.4. The molecule has 0 amide bonds. The number of pyridine rings is 1. The molecule has 0 spiro atoms. The molecule has 0 aliphatic carbocycles. The highest BCUT2D eigenvalue weighted by atomic mass is 16.5. The third-order valence-electron chi connectivity index (χ3n) is 3.42. The van der Waals surface area contributed by atoms with Crippen LogP contribution in [0.1, 0.15) is 25.1 Å². The van der Waals surface area contributed by atoms with Gasteiger partial charge in [-0.15, -0.1) is 0 Å². The van der Waals surface area contributed by atoms with Crippen LogP contribution in [0.15, 0.2) is 48.5 Å². The molecule has 20 heavy (non-hydrogen) atoms. The Hall–Kier alpha value is -1.87. The van der Waals surface area contributed by atoms with E-state index in [0.717, 1.165) is 18.8 Å². The predicted octanol–water partition coefficient (Wildman–Crippen LogP) is 3.16. The molecule has 0 saturated carbocycles. The van der Waals surface area contributed by atoms with Crippen LogP contribution in [0.5, 0.6) is 5.88 Å². The van der Waals surface area contributed by atoms with Crippen LogP contribution in [0.3, 0.4) is 0 Å². The molecule has 0 aliphatic heterocycles. The van der Waals surface area contributed by atoms with Crippen molar-refractivity contribution in [3.05, 3.63) is 59.8 Å². The molecule has 0 radical (unpaired) electrons. The van der Waals surface area contributed by atoms with Crippen molar-refractivity contribution in [1.29, 1.82) is 0 Å². The minimum Gasteiger partial charge on any atom is -0.481 e. The van der Waals surface area contributed by atoms with Crippen molar-refractivity contribution in [2.75, 3.05) is 13.7 Å². The van der Waals surface area contributed by atoms with Gasteiger partial charge in [0.2, 0.25) is 5.88 Å². The molecule has 0 aliphatic rings. The third kappa shape index (κ3) is 3.81. The number of benzene rings is 1. The first kappa shape index (κ1) is 14.5. The first-order valence-corrected chi connectivity index (χ1v) is 6.88. The second-order valence-corrected chi connectivity index (χ2v) is 5.52. The van der Waals surface area contributed by atoms with Gasteiger partial charge in [-0.25, -0.2) is 4.98 Å². The number of hydrogen-bond donors (Lipinski definition) is 1. The van der Waals surface area contributed by atoms with Crippen LogP contribution in [0.4, 0.5) is 0 Å². The number of methoxy groups -OCH3 is 1. The van der Waals surface area contributed by atoms with Crippen molar-refractivity contribution < 1.29 is 4.74 Å². The van der Waals surface area contributed by atoms with Crippen molar-refractivity contribution in [3.63, 3.8) is 0 Å². The quantitative estimate of drug-likeness (QED) is 0.875. The maximum atomic E-state index is 5.13. The Labute approximate surface area is 121 Å². The van der Waals surface area contributed by atoms with Crippen LogP contribution in [0.25, 0.3) is 0 Å². The van der Waals surface area contributed by atoms with Gasteiger partial charge in [0, 0.05) is 24.6 Å². The Kier molecular flexibility index (Phi) is 4.74. The van der Waals surface area contributed by atoms with E-state index in [9.17, 15) is 0 Å². The molecule has 0 fully saturated rings. The van der Waals surface area contributed by atoms with Gasteiger partial charge in [-0.05, 0) is 11.6 Å². The average Bonchev–Trinajstić information content (AvgIpc) is 2.48. The Balaban J connectivity index is 1.92. The standard InChI is InChI=1S/C17H22N2O/c1-17(2,14-8-5-4-6-9-14)13-18-12-15-10-7-11-16(19-15)20-3/h4-11,18H,12-13H2,1-3H3. The van der Waals surface area contributed by atoms with Crippen LogP contribution in [-0.4, -0.2) is 18.6 Å². The Morgan fingerprint density at radius 3 is 2.50 bits per heavy atom. The maximum Gasteiger partial charge on any atom is 0.213 e. The number of nitrogens with zero attached hydrogens (tertiary/aromatic N) is 1. The summed E-state index contributed by atoms with van der Waals surface area (Å²) in [6.45, 7) is 6.13. The topological polar surface area (TPSA) is 34.1 Å². The van der Waals surface area contributed by atoms with Gasteiger partial charge in [0.1, 0.15) is 0 Å². The Morgan fingerprint density at radius 2 is 1.80 bits per heavy atom. The van der Waals surface area contributed by atoms with Crippen LogP contribution >= 0.6 is 0 Å². The van der Waals surface area contributed by atoms with Gasteiger partial charge < -0.3 is 10.1 Å². The van der Waals surface area contributed by atoms with Crippen molar-refractivity contribution in [2.24, 2.45) is 0 Å². The highest BCUT2D eigenvalue weighted by Crippen LogP contribution is 2.21. The normalized spacial score (nSPS) is 11.3. The summed E-state index contributed by atoms with van der Waals surface area (Å²) in [6.07, 6.45) is 0. The van der Waals surface area contributed by atoms with Gasteiger partial charge in [0.05, 0.1) is 12.8 Å². The molecule has 0 bridgehead atoms. The van der Waals surface area contributed by atoms with E-state index in [1.165, 1.54) is 5.56 Å². The van der Waals surface area contributed by atoms with Crippen molar-refractivity contribution in [2.45, 2.75) is 25.8 Å². The minimum absolute atomic E-state index is 0.0973. The number of ether oxygens (including phenoxy) is 1. The molecule has 2 aromatic rings. The molecule has 3 heteroatoms. The summed E-state index contributed by atoms with van der Waals surface area (Å²) in [5.41, 5.74) is 2.43. The second-order valence-electron chi connectivity index (χ2n) is 5.52. The fraction of sp³-hybridized carbons (Fsp3) is 0.353. The second kappa shape index (κ2) is 6.53. The van der Waals surface area contributed by atoms with Gasteiger partial charge in [0.15, 0.2) is 0 Å². The summed E-state index contributed by atoms with van der Waals surface area (Å²) in [5.74, 6) is 0.659. The zero-order valence-electron chi connectivity index (χ0n) is 12.4. The summed E-state index contributed by atoms with van der Waals surface area (Å²) in [7, 11) is 1.64. The van der Waals surface area contributed by atoms with E-state index in [1.54, 1.807) is 7.11 Å². The number of hydrogen-bond acceptors (Lipinski definition) is 3. The minimum atomic E-state index is 0.0973. The fourth-order valence-electron chi connectivity index (χ4n) is 2.16. The zero-order valence-corrected chi connectivity index (χ0v) is 12.4. The van der Waals surface area contributed by atoms with E-state index in [1.807, 2.05) is 24.3 Å². The fourth-order valence-corrected chi connectivity index (χ4v) is 2.16. The molecule has 1 N–H and O–H groups in total. The van der Waals surface area contributed by atoms with E-state index in [2.05, 4.69) is 48.4 Å². The first-order chi connectivity index (χ1) is 9.62. The van der Waals surface area contributed by atoms with Crippen molar-refractivity contribution in [1.82, 2.24) is 10.3 Å². The molecule has 0 saturated heterocycles. The average molecular weight is 270 g/mol. The molecule has 0 atom stereocenters. The number of nitrogens with one attached hydrogen (secondary N) is 1. The lowest BCUT2D eigenvalue weighted by molar-refractivity contribution is 0.394. The van der Waals surface area contributed by atoms with Crippen molar-refractivity contribution in [3.8, 4) is 5.88 Å². The van der Waals surface area contributed by atoms with Crippen LogP contribution in [0.2, 0.25) is 0 Å². The number of aromatic nitrogens is 1. The first-order valence-electron chi connectivity index (χ1n) is 6.88. The molecule has 3 nitrogen and oxygen atoms in total. The predicted molar refractivity (Wildman–Crippen MR) is 82.0 cm³/mol. The van der Waals surface area contributed by atoms with Crippen LogP contribution in [-0.2, 0) is 12.0 Å². The lowest BCUT2D eigenvalue weighted by Gasteiger charge is -2.25. The molecule has 2 rings (SSSR count). The van der Waals surface area contributed by atoms with E-state index in [4.69, 9.17) is 4.74 Å². The van der Waals surface area contributed by atoms with Gasteiger partial charge in [-0.1, -0.05) is 50.2 Å². The van der Waals surface area contributed by atoms with Gasteiger partial charge >= 0.3 is 0 Å². The molecular weight excluding hydrogens is 248 g/mol. The monoisotopic (exact) mass is 270 g/mol. The van der Waals surface area contributed by atoms with E-state index in [0.29, 0.717) is 5.88 Å². The summed E-state index contributed by atoms with van der Waals surface area (Å²) in [4.78, 5) is 4.40. The van der Waals surface area contributed by atoms with Gasteiger partial charge in [-0.2, -0.15) is 0 Å². The smallest absolute Gasteiger partial charge is 0.213 e. The zero-order chi connectivity index (χ0) is 14.4. The Bertz CT molecular complexity index is 538. The maximum absolute atomic E-state index is 5.13. The summed E-state index contributed by atoms with van der Waals surface area (Å²) in [5, 5.41) is 3.47. The van der Waals surface area contributed by atoms with E-state index >= 15 is 0 Å². The number of rotatable bonds is 6.